The molecule has 1 N–H and O–H groups in total. The number of imidazole rings is 1. The molecule has 100 valence electrons. The number of benzene rings is 1. The van der Waals surface area contributed by atoms with E-state index in [1.165, 1.54) is 0 Å². The predicted octanol–water partition coefficient (Wildman–Crippen LogP) is 1.95. The quantitative estimate of drug-likeness (QED) is 0.911. The third-order valence-electron chi connectivity index (χ3n) is 3.64. The van der Waals surface area contributed by atoms with E-state index in [1.54, 1.807) is 6.20 Å². The third-order valence-corrected chi connectivity index (χ3v) is 3.64. The zero-order valence-corrected chi connectivity index (χ0v) is 10.8. The van der Waals surface area contributed by atoms with Crippen LogP contribution in [0.2, 0.25) is 0 Å². The first-order valence-electron chi connectivity index (χ1n) is 6.67. The van der Waals surface area contributed by atoms with Crippen LogP contribution in [0.1, 0.15) is 6.42 Å². The van der Waals surface area contributed by atoms with Gasteiger partial charge in [-0.2, -0.15) is 0 Å². The Balaban J connectivity index is 1.77. The molecule has 2 aromatic rings. The van der Waals surface area contributed by atoms with Crippen LogP contribution in [0.5, 0.6) is 0 Å². The van der Waals surface area contributed by atoms with Crippen molar-refractivity contribution in [3.05, 3.63) is 42.7 Å². The van der Waals surface area contributed by atoms with Crippen molar-refractivity contribution < 1.29 is 9.84 Å². The van der Waals surface area contributed by atoms with E-state index in [1.807, 2.05) is 41.1 Å². The van der Waals surface area contributed by atoms with Gasteiger partial charge in [0.05, 0.1) is 19.3 Å². The van der Waals surface area contributed by atoms with E-state index in [2.05, 4.69) is 4.98 Å². The highest BCUT2D eigenvalue weighted by atomic mass is 16.5. The molecular weight excluding hydrogens is 240 g/mol. The topological polar surface area (TPSA) is 47.3 Å². The monoisotopic (exact) mass is 258 g/mol. The average Bonchev–Trinajstić information content (AvgIpc) is 3.11. The fraction of sp³-hybridized carbons (Fsp3) is 0.400. The van der Waals surface area contributed by atoms with Crippen LogP contribution in [0.15, 0.2) is 42.7 Å². The molecule has 0 aliphatic carbocycles. The number of rotatable bonds is 4. The predicted molar refractivity (Wildman–Crippen MR) is 72.6 cm³/mol. The van der Waals surface area contributed by atoms with E-state index in [-0.39, 0.29) is 12.0 Å². The molecule has 2 unspecified atom stereocenters. The van der Waals surface area contributed by atoms with Crippen molar-refractivity contribution in [2.75, 3.05) is 13.2 Å². The molecule has 1 saturated heterocycles. The van der Waals surface area contributed by atoms with Crippen LogP contribution in [-0.2, 0) is 11.3 Å². The van der Waals surface area contributed by atoms with Gasteiger partial charge in [-0.25, -0.2) is 4.98 Å². The minimum absolute atomic E-state index is 0.242. The van der Waals surface area contributed by atoms with Crippen LogP contribution >= 0.6 is 0 Å². The van der Waals surface area contributed by atoms with Gasteiger partial charge in [0.15, 0.2) is 0 Å². The summed E-state index contributed by atoms with van der Waals surface area (Å²) in [7, 11) is 0. The highest BCUT2D eigenvalue weighted by Crippen LogP contribution is 2.21. The van der Waals surface area contributed by atoms with E-state index in [0.717, 1.165) is 24.4 Å². The van der Waals surface area contributed by atoms with Gasteiger partial charge < -0.3 is 14.4 Å². The second-order valence-corrected chi connectivity index (χ2v) is 4.96. The molecule has 1 aliphatic rings. The van der Waals surface area contributed by atoms with E-state index < -0.39 is 0 Å². The summed E-state index contributed by atoms with van der Waals surface area (Å²) in [6, 6.07) is 10.0. The Morgan fingerprint density at radius 1 is 1.37 bits per heavy atom. The second-order valence-electron chi connectivity index (χ2n) is 4.96. The van der Waals surface area contributed by atoms with Gasteiger partial charge in [-0.05, 0) is 6.42 Å². The Labute approximate surface area is 112 Å². The number of aromatic nitrogens is 2. The molecule has 19 heavy (non-hydrogen) atoms. The molecule has 0 bridgehead atoms. The van der Waals surface area contributed by atoms with Gasteiger partial charge in [-0.1, -0.05) is 30.3 Å². The van der Waals surface area contributed by atoms with Gasteiger partial charge in [-0.15, -0.1) is 0 Å². The van der Waals surface area contributed by atoms with E-state index >= 15 is 0 Å². The SMILES string of the molecule is OC(Cn1ccnc1-c1ccccc1)C1CCOC1. The van der Waals surface area contributed by atoms with E-state index in [0.29, 0.717) is 13.2 Å². The van der Waals surface area contributed by atoms with Crippen LogP contribution in [0.4, 0.5) is 0 Å². The van der Waals surface area contributed by atoms with Crippen LogP contribution < -0.4 is 0 Å². The molecule has 0 radical (unpaired) electrons. The Morgan fingerprint density at radius 2 is 2.21 bits per heavy atom. The van der Waals surface area contributed by atoms with E-state index in [9.17, 15) is 5.11 Å². The van der Waals surface area contributed by atoms with Crippen molar-refractivity contribution in [2.45, 2.75) is 19.1 Å². The smallest absolute Gasteiger partial charge is 0.139 e. The zero-order valence-electron chi connectivity index (χ0n) is 10.8. The summed E-state index contributed by atoms with van der Waals surface area (Å²) in [4.78, 5) is 4.39. The number of nitrogens with zero attached hydrogens (tertiary/aromatic N) is 2. The molecule has 1 aromatic heterocycles. The standard InChI is InChI=1S/C15H18N2O2/c18-14(13-6-9-19-11-13)10-17-8-7-16-15(17)12-4-2-1-3-5-12/h1-5,7-8,13-14,18H,6,9-11H2. The van der Waals surface area contributed by atoms with Crippen molar-refractivity contribution in [3.8, 4) is 11.4 Å². The van der Waals surface area contributed by atoms with Crippen molar-refractivity contribution in [1.29, 1.82) is 0 Å². The average molecular weight is 258 g/mol. The summed E-state index contributed by atoms with van der Waals surface area (Å²) >= 11 is 0. The van der Waals surface area contributed by atoms with Gasteiger partial charge in [0.2, 0.25) is 0 Å². The number of ether oxygens (including phenoxy) is 1. The lowest BCUT2D eigenvalue weighted by molar-refractivity contribution is 0.0781. The maximum Gasteiger partial charge on any atom is 0.139 e. The summed E-state index contributed by atoms with van der Waals surface area (Å²) < 4.78 is 7.34. The molecule has 0 amide bonds. The highest BCUT2D eigenvalue weighted by molar-refractivity contribution is 5.55. The summed E-state index contributed by atoms with van der Waals surface area (Å²) in [5, 5.41) is 10.3. The molecule has 2 heterocycles. The summed E-state index contributed by atoms with van der Waals surface area (Å²) in [5.74, 6) is 1.14. The second kappa shape index (κ2) is 5.55. The van der Waals surface area contributed by atoms with Crippen molar-refractivity contribution in [1.82, 2.24) is 9.55 Å². The molecule has 4 nitrogen and oxygen atoms in total. The lowest BCUT2D eigenvalue weighted by Crippen LogP contribution is -2.26. The lowest BCUT2D eigenvalue weighted by Gasteiger charge is -2.18. The molecule has 2 atom stereocenters. The molecule has 1 aromatic carbocycles. The lowest BCUT2D eigenvalue weighted by atomic mass is 10.0. The Hall–Kier alpha value is -1.65. The molecule has 1 aliphatic heterocycles. The first-order chi connectivity index (χ1) is 9.34. The molecule has 0 saturated carbocycles. The molecule has 4 heteroatoms. The number of aliphatic hydroxyl groups excluding tert-OH is 1. The summed E-state index contributed by atoms with van der Waals surface area (Å²) in [5.41, 5.74) is 1.07. The highest BCUT2D eigenvalue weighted by Gasteiger charge is 2.24. The van der Waals surface area contributed by atoms with Gasteiger partial charge in [0.25, 0.3) is 0 Å². The maximum absolute atomic E-state index is 10.3. The number of hydrogen-bond acceptors (Lipinski definition) is 3. The van der Waals surface area contributed by atoms with Gasteiger partial charge in [0, 0.05) is 30.5 Å². The van der Waals surface area contributed by atoms with Crippen molar-refractivity contribution in [3.63, 3.8) is 0 Å². The molecular formula is C15H18N2O2. The fourth-order valence-corrected chi connectivity index (χ4v) is 2.51. The summed E-state index contributed by atoms with van der Waals surface area (Å²) in [6.45, 7) is 1.99. The Kier molecular flexibility index (Phi) is 3.62. The Bertz CT molecular complexity index is 518. The number of aliphatic hydroxyl groups is 1. The minimum atomic E-state index is -0.376. The van der Waals surface area contributed by atoms with Gasteiger partial charge >= 0.3 is 0 Å². The largest absolute Gasteiger partial charge is 0.391 e. The van der Waals surface area contributed by atoms with Crippen LogP contribution in [0.3, 0.4) is 0 Å². The van der Waals surface area contributed by atoms with Gasteiger partial charge in [-0.3, -0.25) is 0 Å². The Morgan fingerprint density at radius 3 is 2.95 bits per heavy atom. The first kappa shape index (κ1) is 12.4. The van der Waals surface area contributed by atoms with Crippen molar-refractivity contribution in [2.24, 2.45) is 5.92 Å². The molecule has 3 rings (SSSR count). The number of hydrogen-bond donors (Lipinski definition) is 1. The third kappa shape index (κ3) is 2.69. The summed E-state index contributed by atoms with van der Waals surface area (Å²) in [6.07, 6.45) is 4.26. The normalized spacial score (nSPS) is 20.6. The maximum atomic E-state index is 10.3. The van der Waals surface area contributed by atoms with Crippen molar-refractivity contribution >= 4 is 0 Å². The minimum Gasteiger partial charge on any atom is -0.391 e. The molecule has 1 fully saturated rings. The fourth-order valence-electron chi connectivity index (χ4n) is 2.51. The zero-order chi connectivity index (χ0) is 13.1. The first-order valence-corrected chi connectivity index (χ1v) is 6.67. The van der Waals surface area contributed by atoms with Crippen LogP contribution in [0, 0.1) is 5.92 Å². The van der Waals surface area contributed by atoms with E-state index in [4.69, 9.17) is 4.74 Å². The van der Waals surface area contributed by atoms with Crippen LogP contribution in [0.25, 0.3) is 11.4 Å². The van der Waals surface area contributed by atoms with Gasteiger partial charge in [0.1, 0.15) is 5.82 Å². The molecule has 0 spiro atoms. The van der Waals surface area contributed by atoms with Crippen LogP contribution in [-0.4, -0.2) is 34.0 Å².